The van der Waals surface area contributed by atoms with E-state index in [1.165, 1.54) is 12.3 Å². The summed E-state index contributed by atoms with van der Waals surface area (Å²) in [5.41, 5.74) is 4.66. The first-order valence-corrected chi connectivity index (χ1v) is 7.08. The SMILES string of the molecule is NC(=O)[C@H]1CN(c2cc(F)c(C3CC(=O)C=CN3)c(F)c2)C(=O)O1. The number of primary amides is 1. The highest BCUT2D eigenvalue weighted by atomic mass is 19.1. The zero-order valence-corrected chi connectivity index (χ0v) is 12.3. The summed E-state index contributed by atoms with van der Waals surface area (Å²) in [5.74, 6) is -2.93. The average Bonchev–Trinajstić information content (AvgIpc) is 2.89. The number of allylic oxidation sites excluding steroid dienone is 1. The fourth-order valence-corrected chi connectivity index (χ4v) is 2.65. The van der Waals surface area contributed by atoms with Crippen molar-refractivity contribution in [2.45, 2.75) is 18.6 Å². The Morgan fingerprint density at radius 3 is 2.50 bits per heavy atom. The molecule has 0 aromatic heterocycles. The monoisotopic (exact) mass is 337 g/mol. The number of carbonyl (C=O) groups is 3. The molecule has 24 heavy (non-hydrogen) atoms. The maximum absolute atomic E-state index is 14.4. The summed E-state index contributed by atoms with van der Waals surface area (Å²) in [6, 6.07) is 1.07. The number of ketones is 1. The van der Waals surface area contributed by atoms with Crippen LogP contribution in [0.4, 0.5) is 19.3 Å². The summed E-state index contributed by atoms with van der Waals surface area (Å²) in [7, 11) is 0. The second-order valence-electron chi connectivity index (χ2n) is 5.43. The van der Waals surface area contributed by atoms with Crippen LogP contribution in [0.2, 0.25) is 0 Å². The van der Waals surface area contributed by atoms with Gasteiger partial charge in [0.15, 0.2) is 11.9 Å². The van der Waals surface area contributed by atoms with Crippen LogP contribution >= 0.6 is 0 Å². The third-order valence-electron chi connectivity index (χ3n) is 3.83. The molecule has 0 saturated carbocycles. The van der Waals surface area contributed by atoms with Crippen LogP contribution in [0.5, 0.6) is 0 Å². The van der Waals surface area contributed by atoms with Crippen molar-refractivity contribution >= 4 is 23.5 Å². The van der Waals surface area contributed by atoms with Crippen molar-refractivity contribution in [1.82, 2.24) is 5.32 Å². The first-order chi connectivity index (χ1) is 11.4. The molecule has 1 saturated heterocycles. The molecule has 0 aliphatic carbocycles. The van der Waals surface area contributed by atoms with Gasteiger partial charge in [0.2, 0.25) is 0 Å². The van der Waals surface area contributed by atoms with E-state index in [0.29, 0.717) is 0 Å². The van der Waals surface area contributed by atoms with E-state index in [4.69, 9.17) is 10.5 Å². The lowest BCUT2D eigenvalue weighted by Crippen LogP contribution is -2.32. The van der Waals surface area contributed by atoms with Gasteiger partial charge in [-0.1, -0.05) is 0 Å². The Labute approximate surface area is 135 Å². The fraction of sp³-hybridized carbons (Fsp3) is 0.267. The van der Waals surface area contributed by atoms with Crippen molar-refractivity contribution in [3.8, 4) is 0 Å². The molecule has 126 valence electrons. The van der Waals surface area contributed by atoms with Gasteiger partial charge in [-0.05, 0) is 18.2 Å². The molecule has 9 heteroatoms. The van der Waals surface area contributed by atoms with E-state index in [0.717, 1.165) is 17.0 Å². The van der Waals surface area contributed by atoms with E-state index < -0.39 is 35.8 Å². The summed E-state index contributed by atoms with van der Waals surface area (Å²) in [4.78, 5) is 35.1. The molecule has 2 aliphatic rings. The Morgan fingerprint density at radius 1 is 1.29 bits per heavy atom. The standard InChI is InChI=1S/C15H13F2N3O4/c16-9-3-7(20-6-12(14(18)22)24-15(20)23)4-10(17)13(9)11-5-8(21)1-2-19-11/h1-4,11-12,19H,5-6H2,(H2,18,22)/t11?,12-/m1/s1. The summed E-state index contributed by atoms with van der Waals surface area (Å²) in [5, 5.41) is 2.72. The Hall–Kier alpha value is -2.97. The number of nitrogens with zero attached hydrogens (tertiary/aromatic N) is 1. The first-order valence-electron chi connectivity index (χ1n) is 7.08. The minimum Gasteiger partial charge on any atom is -0.434 e. The molecule has 2 aliphatic heterocycles. The van der Waals surface area contributed by atoms with E-state index >= 15 is 0 Å². The number of rotatable bonds is 3. The van der Waals surface area contributed by atoms with Crippen LogP contribution in [0.3, 0.4) is 0 Å². The summed E-state index contributed by atoms with van der Waals surface area (Å²) in [6.45, 7) is -0.227. The van der Waals surface area contributed by atoms with Crippen molar-refractivity contribution in [3.63, 3.8) is 0 Å². The molecule has 1 unspecified atom stereocenters. The summed E-state index contributed by atoms with van der Waals surface area (Å²) in [6.07, 6.45) is 0.438. The van der Waals surface area contributed by atoms with Gasteiger partial charge in [-0.3, -0.25) is 14.5 Å². The Bertz CT molecular complexity index is 742. The quantitative estimate of drug-likeness (QED) is 0.853. The number of nitrogens with two attached hydrogens (primary N) is 1. The van der Waals surface area contributed by atoms with Crippen LogP contribution < -0.4 is 16.0 Å². The molecule has 1 fully saturated rings. The van der Waals surface area contributed by atoms with E-state index in [-0.39, 0.29) is 30.0 Å². The van der Waals surface area contributed by atoms with Crippen molar-refractivity contribution in [2.24, 2.45) is 5.73 Å². The lowest BCUT2D eigenvalue weighted by molar-refractivity contribution is -0.124. The second-order valence-corrected chi connectivity index (χ2v) is 5.43. The Morgan fingerprint density at radius 2 is 1.96 bits per heavy atom. The smallest absolute Gasteiger partial charge is 0.415 e. The predicted molar refractivity (Wildman–Crippen MR) is 77.8 cm³/mol. The number of anilines is 1. The maximum Gasteiger partial charge on any atom is 0.415 e. The van der Waals surface area contributed by atoms with Crippen LogP contribution in [0.15, 0.2) is 24.4 Å². The minimum atomic E-state index is -1.17. The molecule has 1 aromatic carbocycles. The molecule has 0 spiro atoms. The molecular weight excluding hydrogens is 324 g/mol. The van der Waals surface area contributed by atoms with Gasteiger partial charge >= 0.3 is 6.09 Å². The highest BCUT2D eigenvalue weighted by Gasteiger charge is 2.37. The van der Waals surface area contributed by atoms with Crippen LogP contribution in [0, 0.1) is 11.6 Å². The van der Waals surface area contributed by atoms with E-state index in [1.807, 2.05) is 0 Å². The lowest BCUT2D eigenvalue weighted by Gasteiger charge is -2.22. The average molecular weight is 337 g/mol. The Balaban J connectivity index is 1.90. The van der Waals surface area contributed by atoms with Crippen molar-refractivity contribution in [3.05, 3.63) is 41.6 Å². The summed E-state index contributed by atoms with van der Waals surface area (Å²) < 4.78 is 33.5. The maximum atomic E-state index is 14.4. The molecule has 2 heterocycles. The molecule has 3 rings (SSSR count). The number of benzene rings is 1. The number of hydrogen-bond acceptors (Lipinski definition) is 5. The number of cyclic esters (lactones) is 1. The van der Waals surface area contributed by atoms with Gasteiger partial charge < -0.3 is 15.8 Å². The van der Waals surface area contributed by atoms with Crippen LogP contribution in [-0.4, -0.2) is 30.4 Å². The van der Waals surface area contributed by atoms with Crippen molar-refractivity contribution in [2.75, 3.05) is 11.4 Å². The van der Waals surface area contributed by atoms with Gasteiger partial charge in [0, 0.05) is 18.2 Å². The van der Waals surface area contributed by atoms with Gasteiger partial charge in [0.25, 0.3) is 5.91 Å². The highest BCUT2D eigenvalue weighted by Crippen LogP contribution is 2.31. The molecule has 7 nitrogen and oxygen atoms in total. The Kier molecular flexibility index (Phi) is 3.92. The van der Waals surface area contributed by atoms with Gasteiger partial charge in [-0.25, -0.2) is 13.6 Å². The van der Waals surface area contributed by atoms with Gasteiger partial charge in [0.1, 0.15) is 11.6 Å². The largest absolute Gasteiger partial charge is 0.434 e. The number of hydrogen-bond donors (Lipinski definition) is 2. The highest BCUT2D eigenvalue weighted by molar-refractivity contribution is 5.95. The molecule has 2 amide bonds. The molecule has 2 atom stereocenters. The number of ether oxygens (including phenoxy) is 1. The zero-order valence-electron chi connectivity index (χ0n) is 12.3. The minimum absolute atomic E-state index is 0.0841. The topological polar surface area (TPSA) is 102 Å². The molecule has 3 N–H and O–H groups in total. The van der Waals surface area contributed by atoms with Crippen molar-refractivity contribution in [1.29, 1.82) is 0 Å². The third-order valence-corrected chi connectivity index (χ3v) is 3.83. The zero-order chi connectivity index (χ0) is 17.4. The predicted octanol–water partition coefficient (Wildman–Crippen LogP) is 0.892. The first kappa shape index (κ1) is 15.9. The molecule has 0 bridgehead atoms. The van der Waals surface area contributed by atoms with Gasteiger partial charge in [-0.15, -0.1) is 0 Å². The van der Waals surface area contributed by atoms with Gasteiger partial charge in [-0.2, -0.15) is 0 Å². The molecule has 1 aromatic rings. The number of nitrogens with one attached hydrogen (secondary N) is 1. The van der Waals surface area contributed by atoms with Crippen LogP contribution in [0.25, 0.3) is 0 Å². The third kappa shape index (κ3) is 2.80. The lowest BCUT2D eigenvalue weighted by atomic mass is 9.97. The van der Waals surface area contributed by atoms with E-state index in [1.54, 1.807) is 0 Å². The van der Waals surface area contributed by atoms with Crippen LogP contribution in [0.1, 0.15) is 18.0 Å². The second kappa shape index (κ2) is 5.91. The van der Waals surface area contributed by atoms with Gasteiger partial charge in [0.05, 0.1) is 18.3 Å². The number of carbonyl (C=O) groups excluding carboxylic acids is 3. The number of halogens is 2. The number of amides is 2. The molecule has 0 radical (unpaired) electrons. The van der Waals surface area contributed by atoms with Crippen molar-refractivity contribution < 1.29 is 27.9 Å². The van der Waals surface area contributed by atoms with Crippen LogP contribution in [-0.2, 0) is 14.3 Å². The van der Waals surface area contributed by atoms with E-state index in [2.05, 4.69) is 5.32 Å². The fourth-order valence-electron chi connectivity index (χ4n) is 2.65. The summed E-state index contributed by atoms with van der Waals surface area (Å²) >= 11 is 0. The normalized spacial score (nSPS) is 23.2. The van der Waals surface area contributed by atoms with E-state index in [9.17, 15) is 23.2 Å². The molecular formula is C15H13F2N3O4.